The number of carbonyl (C=O) groups excluding carboxylic acids is 1. The maximum absolute atomic E-state index is 11.7. The van der Waals surface area contributed by atoms with E-state index in [1.54, 1.807) is 0 Å². The van der Waals surface area contributed by atoms with Gasteiger partial charge in [0, 0.05) is 19.6 Å². The fourth-order valence-electron chi connectivity index (χ4n) is 2.37. The second kappa shape index (κ2) is 7.98. The third-order valence-corrected chi connectivity index (χ3v) is 3.62. The van der Waals surface area contributed by atoms with Crippen LogP contribution in [-0.4, -0.2) is 47.7 Å². The number of carboxylic acid groups (broad SMARTS) is 1. The number of benzene rings is 2. The van der Waals surface area contributed by atoms with Crippen LogP contribution < -0.4 is 5.32 Å². The van der Waals surface area contributed by atoms with Crippen molar-refractivity contribution in [2.75, 3.05) is 19.6 Å². The number of hydrogen-bond acceptors (Lipinski definition) is 3. The minimum Gasteiger partial charge on any atom is -0.475 e. The molecule has 0 aromatic heterocycles. The summed E-state index contributed by atoms with van der Waals surface area (Å²) in [6.45, 7) is 2.86. The van der Waals surface area contributed by atoms with Crippen LogP contribution in [0, 0.1) is 0 Å². The Morgan fingerprint density at radius 2 is 1.80 bits per heavy atom. The predicted octanol–water partition coefficient (Wildman–Crippen LogP) is 2.40. The van der Waals surface area contributed by atoms with Crippen molar-refractivity contribution in [3.05, 3.63) is 48.0 Å². The van der Waals surface area contributed by atoms with E-state index < -0.39 is 12.1 Å². The first-order valence-electron chi connectivity index (χ1n) is 7.53. The molecule has 2 N–H and O–H groups in total. The van der Waals surface area contributed by atoms with E-state index in [0.717, 1.165) is 13.1 Å². The number of nitrogens with one attached hydrogen (secondary N) is 1. The van der Waals surface area contributed by atoms with Crippen LogP contribution >= 0.6 is 0 Å². The molecule has 1 saturated heterocycles. The maximum atomic E-state index is 11.7. The van der Waals surface area contributed by atoms with E-state index in [1.807, 2.05) is 17.0 Å². The van der Waals surface area contributed by atoms with Crippen molar-refractivity contribution < 1.29 is 27.9 Å². The van der Waals surface area contributed by atoms with Crippen LogP contribution in [0.2, 0.25) is 0 Å². The lowest BCUT2D eigenvalue weighted by Crippen LogP contribution is -2.47. The van der Waals surface area contributed by atoms with E-state index in [1.165, 1.54) is 16.3 Å². The van der Waals surface area contributed by atoms with Gasteiger partial charge in [-0.2, -0.15) is 13.2 Å². The summed E-state index contributed by atoms with van der Waals surface area (Å²) >= 11 is 0. The van der Waals surface area contributed by atoms with Gasteiger partial charge in [-0.1, -0.05) is 36.4 Å². The number of halogens is 3. The predicted molar refractivity (Wildman–Crippen MR) is 85.9 cm³/mol. The smallest absolute Gasteiger partial charge is 0.475 e. The second-order valence-electron chi connectivity index (χ2n) is 5.48. The molecule has 1 amide bonds. The van der Waals surface area contributed by atoms with Crippen molar-refractivity contribution in [3.63, 3.8) is 0 Å². The highest BCUT2D eigenvalue weighted by molar-refractivity contribution is 5.83. The molecule has 0 unspecified atom stereocenters. The molecule has 0 bridgehead atoms. The molecular formula is C17H17F3N2O3. The van der Waals surface area contributed by atoms with Gasteiger partial charge in [-0.3, -0.25) is 4.79 Å². The van der Waals surface area contributed by atoms with Crippen LogP contribution in [0.25, 0.3) is 10.8 Å². The van der Waals surface area contributed by atoms with Crippen LogP contribution in [0.5, 0.6) is 0 Å². The Balaban J connectivity index is 0.000000277. The Kier molecular flexibility index (Phi) is 5.97. The molecule has 1 aliphatic heterocycles. The van der Waals surface area contributed by atoms with Crippen molar-refractivity contribution in [1.29, 1.82) is 0 Å². The van der Waals surface area contributed by atoms with E-state index in [0.29, 0.717) is 13.1 Å². The first-order valence-corrected chi connectivity index (χ1v) is 7.53. The normalized spacial score (nSPS) is 14.8. The number of hydrogen-bond donors (Lipinski definition) is 2. The molecule has 25 heavy (non-hydrogen) atoms. The molecule has 0 spiro atoms. The average molecular weight is 354 g/mol. The number of carbonyl (C=O) groups is 2. The SMILES string of the molecule is O=C(O)C(F)(F)F.O=C1CNCCN1Cc1ccc2ccccc2c1. The van der Waals surface area contributed by atoms with Crippen molar-refractivity contribution in [2.24, 2.45) is 0 Å². The highest BCUT2D eigenvalue weighted by atomic mass is 19.4. The van der Waals surface area contributed by atoms with E-state index in [4.69, 9.17) is 9.90 Å². The van der Waals surface area contributed by atoms with Gasteiger partial charge in [0.1, 0.15) is 0 Å². The molecule has 0 radical (unpaired) electrons. The number of alkyl halides is 3. The fraction of sp³-hybridized carbons (Fsp3) is 0.294. The molecule has 3 rings (SSSR count). The van der Waals surface area contributed by atoms with Crippen LogP contribution in [0.3, 0.4) is 0 Å². The number of rotatable bonds is 2. The standard InChI is InChI=1S/C15H16N2O.C2HF3O2/c18-15-10-16-7-8-17(15)11-12-5-6-13-3-1-2-4-14(13)9-12;3-2(4,5)1(6)7/h1-6,9,16H,7-8,10-11H2;(H,6,7). The van der Waals surface area contributed by atoms with E-state index in [-0.39, 0.29) is 5.91 Å². The molecule has 5 nitrogen and oxygen atoms in total. The van der Waals surface area contributed by atoms with Crippen LogP contribution in [0.4, 0.5) is 13.2 Å². The summed E-state index contributed by atoms with van der Waals surface area (Å²) in [6, 6.07) is 14.7. The lowest BCUT2D eigenvalue weighted by Gasteiger charge is -2.27. The molecule has 1 fully saturated rings. The van der Waals surface area contributed by atoms with Crippen molar-refractivity contribution in [2.45, 2.75) is 12.7 Å². The van der Waals surface area contributed by atoms with Crippen molar-refractivity contribution >= 4 is 22.6 Å². The molecular weight excluding hydrogens is 337 g/mol. The maximum Gasteiger partial charge on any atom is 0.490 e. The van der Waals surface area contributed by atoms with Crippen LogP contribution in [0.15, 0.2) is 42.5 Å². The largest absolute Gasteiger partial charge is 0.490 e. The highest BCUT2D eigenvalue weighted by Gasteiger charge is 2.38. The number of aliphatic carboxylic acids is 1. The van der Waals surface area contributed by atoms with Gasteiger partial charge in [-0.25, -0.2) is 4.79 Å². The summed E-state index contributed by atoms with van der Waals surface area (Å²) in [5.41, 5.74) is 1.20. The Hall–Kier alpha value is -2.61. The zero-order valence-electron chi connectivity index (χ0n) is 13.2. The summed E-state index contributed by atoms with van der Waals surface area (Å²) in [5.74, 6) is -2.57. The lowest BCUT2D eigenvalue weighted by atomic mass is 10.1. The van der Waals surface area contributed by atoms with Crippen molar-refractivity contribution in [1.82, 2.24) is 10.2 Å². The summed E-state index contributed by atoms with van der Waals surface area (Å²) in [5, 5.41) is 12.7. The minimum atomic E-state index is -5.08. The summed E-state index contributed by atoms with van der Waals surface area (Å²) in [7, 11) is 0. The van der Waals surface area contributed by atoms with Gasteiger partial charge in [-0.15, -0.1) is 0 Å². The monoisotopic (exact) mass is 354 g/mol. The Morgan fingerprint density at radius 3 is 2.40 bits per heavy atom. The molecule has 0 atom stereocenters. The fourth-order valence-corrected chi connectivity index (χ4v) is 2.37. The van der Waals surface area contributed by atoms with E-state index in [2.05, 4.69) is 35.6 Å². The van der Waals surface area contributed by atoms with Gasteiger partial charge in [0.25, 0.3) is 0 Å². The summed E-state index contributed by atoms with van der Waals surface area (Å²) in [4.78, 5) is 22.5. The molecule has 2 aromatic carbocycles. The van der Waals surface area contributed by atoms with Crippen LogP contribution in [0.1, 0.15) is 5.56 Å². The molecule has 0 aliphatic carbocycles. The number of amides is 1. The molecule has 1 heterocycles. The van der Waals surface area contributed by atoms with Crippen LogP contribution in [-0.2, 0) is 16.1 Å². The average Bonchev–Trinajstić information content (AvgIpc) is 2.56. The van der Waals surface area contributed by atoms with Gasteiger partial charge in [0.2, 0.25) is 5.91 Å². The zero-order valence-corrected chi connectivity index (χ0v) is 13.2. The van der Waals surface area contributed by atoms with Gasteiger partial charge in [-0.05, 0) is 22.4 Å². The van der Waals surface area contributed by atoms with Gasteiger partial charge in [0.05, 0.1) is 6.54 Å². The Labute approximate surface area is 142 Å². The number of piperazine rings is 1. The first-order chi connectivity index (χ1) is 11.8. The third kappa shape index (κ3) is 5.46. The first kappa shape index (κ1) is 18.7. The molecule has 1 aliphatic rings. The van der Waals surface area contributed by atoms with E-state index in [9.17, 15) is 18.0 Å². The van der Waals surface area contributed by atoms with Crippen molar-refractivity contribution in [3.8, 4) is 0 Å². The van der Waals surface area contributed by atoms with Gasteiger partial charge in [0.15, 0.2) is 0 Å². The quantitative estimate of drug-likeness (QED) is 0.869. The number of nitrogens with zero attached hydrogens (tertiary/aromatic N) is 1. The van der Waals surface area contributed by atoms with E-state index >= 15 is 0 Å². The molecule has 2 aromatic rings. The molecule has 134 valence electrons. The second-order valence-corrected chi connectivity index (χ2v) is 5.48. The van der Waals surface area contributed by atoms with Gasteiger partial charge < -0.3 is 15.3 Å². The lowest BCUT2D eigenvalue weighted by molar-refractivity contribution is -0.192. The third-order valence-electron chi connectivity index (χ3n) is 3.62. The summed E-state index contributed by atoms with van der Waals surface area (Å²) < 4.78 is 31.7. The van der Waals surface area contributed by atoms with Gasteiger partial charge >= 0.3 is 12.1 Å². The highest BCUT2D eigenvalue weighted by Crippen LogP contribution is 2.17. The topological polar surface area (TPSA) is 69.6 Å². The number of carboxylic acids is 1. The minimum absolute atomic E-state index is 0.189. The molecule has 8 heteroatoms. The zero-order chi connectivity index (χ0) is 18.4. The molecule has 0 saturated carbocycles. The Bertz CT molecular complexity index is 762. The number of fused-ring (bicyclic) bond motifs is 1. The Morgan fingerprint density at radius 1 is 1.16 bits per heavy atom. The summed E-state index contributed by atoms with van der Waals surface area (Å²) in [6.07, 6.45) is -5.08.